The number of ether oxygens (including phenoxy) is 1. The van der Waals surface area contributed by atoms with E-state index >= 15 is 0 Å². The second kappa shape index (κ2) is 8.51. The van der Waals surface area contributed by atoms with E-state index in [1.54, 1.807) is 0 Å². The first kappa shape index (κ1) is 18.7. The molecule has 3 rings (SSSR count). The molecular weight excluding hydrogens is 360 g/mol. The molecule has 1 aromatic heterocycles. The topological polar surface area (TPSA) is 67.4 Å². The number of amides is 2. The number of rotatable bonds is 5. The maximum atomic E-state index is 12.4. The summed E-state index contributed by atoms with van der Waals surface area (Å²) >= 11 is 1.32. The molecule has 1 heterocycles. The van der Waals surface area contributed by atoms with Gasteiger partial charge in [-0.1, -0.05) is 36.4 Å². The van der Waals surface area contributed by atoms with Gasteiger partial charge in [-0.2, -0.15) is 0 Å². The number of hydrogen-bond acceptors (Lipinski definition) is 4. The summed E-state index contributed by atoms with van der Waals surface area (Å²) in [5.41, 5.74) is 8.86. The van der Waals surface area contributed by atoms with Gasteiger partial charge in [-0.05, 0) is 54.1 Å². The molecule has 0 radical (unpaired) electrons. The van der Waals surface area contributed by atoms with Crippen LogP contribution in [0.5, 0.6) is 5.75 Å². The predicted octanol–water partition coefficient (Wildman–Crippen LogP) is 3.87. The van der Waals surface area contributed by atoms with Gasteiger partial charge < -0.3 is 4.74 Å². The van der Waals surface area contributed by atoms with Gasteiger partial charge in [0.05, 0.1) is 0 Å². The summed E-state index contributed by atoms with van der Waals surface area (Å²) < 4.78 is 5.46. The van der Waals surface area contributed by atoms with E-state index in [2.05, 4.69) is 10.9 Å². The minimum absolute atomic E-state index is 0.182. The number of thiophene rings is 1. The predicted molar refractivity (Wildman–Crippen MR) is 107 cm³/mol. The zero-order valence-corrected chi connectivity index (χ0v) is 15.9. The molecule has 6 heteroatoms. The van der Waals surface area contributed by atoms with Gasteiger partial charge in [0.15, 0.2) is 6.61 Å². The van der Waals surface area contributed by atoms with E-state index in [1.165, 1.54) is 11.3 Å². The summed E-state index contributed by atoms with van der Waals surface area (Å²) in [5.74, 6) is -0.174. The molecule has 0 bridgehead atoms. The first-order chi connectivity index (χ1) is 13.0. The summed E-state index contributed by atoms with van der Waals surface area (Å²) in [6.45, 7) is 3.81. The van der Waals surface area contributed by atoms with Crippen LogP contribution in [0.25, 0.3) is 11.1 Å². The summed E-state index contributed by atoms with van der Waals surface area (Å²) in [6.07, 6.45) is 0. The number of aryl methyl sites for hydroxylation is 2. The van der Waals surface area contributed by atoms with Gasteiger partial charge in [-0.15, -0.1) is 11.3 Å². The molecule has 0 saturated carbocycles. The lowest BCUT2D eigenvalue weighted by atomic mass is 10.1. The monoisotopic (exact) mass is 380 g/mol. The fourth-order valence-corrected chi connectivity index (χ4v) is 3.31. The van der Waals surface area contributed by atoms with Crippen LogP contribution < -0.4 is 15.6 Å². The molecule has 2 aromatic carbocycles. The van der Waals surface area contributed by atoms with Gasteiger partial charge in [0.25, 0.3) is 11.8 Å². The quantitative estimate of drug-likeness (QED) is 0.660. The minimum Gasteiger partial charge on any atom is -0.484 e. The molecule has 0 aliphatic rings. The van der Waals surface area contributed by atoms with Gasteiger partial charge in [-0.3, -0.25) is 20.4 Å². The largest absolute Gasteiger partial charge is 0.484 e. The molecular formula is C21H20N2O3S. The van der Waals surface area contributed by atoms with Crippen molar-refractivity contribution in [1.29, 1.82) is 0 Å². The molecule has 0 fully saturated rings. The Morgan fingerprint density at radius 2 is 1.74 bits per heavy atom. The van der Waals surface area contributed by atoms with Crippen LogP contribution in [0.2, 0.25) is 0 Å². The van der Waals surface area contributed by atoms with Gasteiger partial charge in [0.1, 0.15) is 10.6 Å². The molecule has 0 unspecified atom stereocenters. The number of carbonyl (C=O) groups is 2. The third-order valence-electron chi connectivity index (χ3n) is 4.12. The van der Waals surface area contributed by atoms with Crippen molar-refractivity contribution in [2.75, 3.05) is 6.61 Å². The van der Waals surface area contributed by atoms with Crippen molar-refractivity contribution in [3.8, 4) is 16.9 Å². The fourth-order valence-electron chi connectivity index (χ4n) is 2.50. The molecule has 0 aliphatic heterocycles. The molecule has 0 aliphatic carbocycles. The summed E-state index contributed by atoms with van der Waals surface area (Å²) in [6, 6.07) is 17.1. The van der Waals surface area contributed by atoms with Crippen LogP contribution in [-0.4, -0.2) is 18.4 Å². The van der Waals surface area contributed by atoms with Crippen molar-refractivity contribution in [2.24, 2.45) is 0 Å². The molecule has 0 saturated heterocycles. The van der Waals surface area contributed by atoms with Crippen molar-refractivity contribution >= 4 is 23.2 Å². The van der Waals surface area contributed by atoms with Crippen molar-refractivity contribution in [3.63, 3.8) is 0 Å². The van der Waals surface area contributed by atoms with Crippen LogP contribution >= 0.6 is 11.3 Å². The Bertz CT molecular complexity index is 951. The van der Waals surface area contributed by atoms with Gasteiger partial charge >= 0.3 is 0 Å². The number of nitrogens with one attached hydrogen (secondary N) is 2. The molecule has 2 amide bonds. The second-order valence-electron chi connectivity index (χ2n) is 6.07. The lowest BCUT2D eigenvalue weighted by Crippen LogP contribution is -2.43. The lowest BCUT2D eigenvalue weighted by Gasteiger charge is -2.10. The first-order valence-electron chi connectivity index (χ1n) is 8.47. The third-order valence-corrected chi connectivity index (χ3v) is 5.03. The Labute approximate surface area is 162 Å². The average Bonchev–Trinajstić information content (AvgIpc) is 3.17. The van der Waals surface area contributed by atoms with Gasteiger partial charge in [0.2, 0.25) is 0 Å². The Morgan fingerprint density at radius 3 is 2.48 bits per heavy atom. The number of hydrogen-bond donors (Lipinski definition) is 2. The lowest BCUT2D eigenvalue weighted by molar-refractivity contribution is -0.123. The van der Waals surface area contributed by atoms with Crippen LogP contribution in [0.3, 0.4) is 0 Å². The Hall–Kier alpha value is -3.12. The smallest absolute Gasteiger partial charge is 0.280 e. The molecule has 2 N–H and O–H groups in total. The third kappa shape index (κ3) is 4.74. The highest BCUT2D eigenvalue weighted by atomic mass is 32.1. The second-order valence-corrected chi connectivity index (χ2v) is 6.98. The highest BCUT2D eigenvalue weighted by Crippen LogP contribution is 2.27. The van der Waals surface area contributed by atoms with Crippen LogP contribution in [0, 0.1) is 13.8 Å². The van der Waals surface area contributed by atoms with Crippen LogP contribution in [0.1, 0.15) is 20.8 Å². The van der Waals surface area contributed by atoms with E-state index in [9.17, 15) is 9.59 Å². The zero-order chi connectivity index (χ0) is 19.2. The Kier molecular flexibility index (Phi) is 5.88. The Balaban J connectivity index is 1.54. The first-order valence-corrected chi connectivity index (χ1v) is 9.34. The average molecular weight is 380 g/mol. The standard InChI is InChI=1S/C21H20N2O3S/c1-14-8-9-17(12-15(14)2)26-13-19(24)22-23-21(25)20-18(10-11-27-20)16-6-4-3-5-7-16/h3-12H,13H2,1-2H3,(H,22,24)(H,23,25). The van der Waals surface area contributed by atoms with Gasteiger partial charge in [-0.25, -0.2) is 0 Å². The van der Waals surface area contributed by atoms with Crippen molar-refractivity contribution < 1.29 is 14.3 Å². The molecule has 0 spiro atoms. The van der Waals surface area contributed by atoms with E-state index in [1.807, 2.05) is 73.8 Å². The van der Waals surface area contributed by atoms with Gasteiger partial charge in [0, 0.05) is 5.56 Å². The summed E-state index contributed by atoms with van der Waals surface area (Å²) in [5, 5.41) is 1.85. The number of hydrazine groups is 1. The summed E-state index contributed by atoms with van der Waals surface area (Å²) in [7, 11) is 0. The molecule has 5 nitrogen and oxygen atoms in total. The maximum Gasteiger partial charge on any atom is 0.280 e. The maximum absolute atomic E-state index is 12.4. The molecule has 3 aromatic rings. The fraction of sp³-hybridized carbons (Fsp3) is 0.143. The van der Waals surface area contributed by atoms with E-state index in [0.29, 0.717) is 10.6 Å². The van der Waals surface area contributed by atoms with E-state index in [0.717, 1.165) is 22.3 Å². The highest BCUT2D eigenvalue weighted by molar-refractivity contribution is 7.12. The summed E-state index contributed by atoms with van der Waals surface area (Å²) in [4.78, 5) is 24.9. The molecule has 0 atom stereocenters. The highest BCUT2D eigenvalue weighted by Gasteiger charge is 2.15. The van der Waals surface area contributed by atoms with Crippen LogP contribution in [-0.2, 0) is 4.79 Å². The van der Waals surface area contributed by atoms with Crippen molar-refractivity contribution in [3.05, 3.63) is 76.0 Å². The molecule has 27 heavy (non-hydrogen) atoms. The van der Waals surface area contributed by atoms with Crippen molar-refractivity contribution in [1.82, 2.24) is 10.9 Å². The number of carbonyl (C=O) groups excluding carboxylic acids is 2. The van der Waals surface area contributed by atoms with Crippen molar-refractivity contribution in [2.45, 2.75) is 13.8 Å². The number of benzene rings is 2. The van der Waals surface area contributed by atoms with E-state index < -0.39 is 5.91 Å². The van der Waals surface area contributed by atoms with Crippen LogP contribution in [0.4, 0.5) is 0 Å². The SMILES string of the molecule is Cc1ccc(OCC(=O)NNC(=O)c2sccc2-c2ccccc2)cc1C. The zero-order valence-electron chi connectivity index (χ0n) is 15.1. The molecule has 138 valence electrons. The van der Waals surface area contributed by atoms with E-state index in [4.69, 9.17) is 4.74 Å². The Morgan fingerprint density at radius 1 is 0.963 bits per heavy atom. The van der Waals surface area contributed by atoms with Crippen LogP contribution in [0.15, 0.2) is 60.0 Å². The normalized spacial score (nSPS) is 10.3. The van der Waals surface area contributed by atoms with E-state index in [-0.39, 0.29) is 12.5 Å². The minimum atomic E-state index is -0.431.